The average molecular weight is 460 g/mol. The van der Waals surface area contributed by atoms with Crippen molar-refractivity contribution in [2.24, 2.45) is 0 Å². The van der Waals surface area contributed by atoms with Gasteiger partial charge in [0.15, 0.2) is 17.2 Å². The molecule has 8 heteroatoms. The van der Waals surface area contributed by atoms with Crippen LogP contribution in [0.25, 0.3) is 10.8 Å². The van der Waals surface area contributed by atoms with Crippen molar-refractivity contribution in [1.82, 2.24) is 15.1 Å². The van der Waals surface area contributed by atoms with Crippen LogP contribution in [0.2, 0.25) is 0 Å². The van der Waals surface area contributed by atoms with Gasteiger partial charge < -0.3 is 19.5 Å². The van der Waals surface area contributed by atoms with E-state index in [2.05, 4.69) is 10.4 Å². The molecule has 0 spiro atoms. The molecule has 34 heavy (non-hydrogen) atoms. The van der Waals surface area contributed by atoms with Gasteiger partial charge in [0, 0.05) is 23.6 Å². The maximum Gasteiger partial charge on any atom is 0.274 e. The lowest BCUT2D eigenvalue weighted by Crippen LogP contribution is -2.31. The molecule has 1 heterocycles. The summed E-state index contributed by atoms with van der Waals surface area (Å²) in [5.74, 6) is 1.18. The first kappa shape index (κ1) is 22.8. The number of hydrogen-bond donors (Lipinski definition) is 1. The first-order chi connectivity index (χ1) is 16.5. The van der Waals surface area contributed by atoms with Crippen LogP contribution < -0.4 is 25.1 Å². The van der Waals surface area contributed by atoms with Crippen LogP contribution in [0.5, 0.6) is 17.2 Å². The van der Waals surface area contributed by atoms with Crippen LogP contribution in [-0.4, -0.2) is 37.0 Å². The topological polar surface area (TPSA) is 91.7 Å². The number of nitrogens with zero attached hydrogens (tertiary/aromatic N) is 2. The van der Waals surface area contributed by atoms with Crippen molar-refractivity contribution in [2.45, 2.75) is 13.1 Å². The molecule has 0 unspecified atom stereocenters. The fraction of sp³-hybridized carbons (Fsp3) is 0.192. The van der Waals surface area contributed by atoms with Gasteiger partial charge in [-0.1, -0.05) is 48.5 Å². The zero-order valence-electron chi connectivity index (χ0n) is 19.2. The van der Waals surface area contributed by atoms with Gasteiger partial charge in [-0.25, -0.2) is 4.68 Å². The molecule has 0 saturated carbocycles. The van der Waals surface area contributed by atoms with E-state index in [9.17, 15) is 9.59 Å². The van der Waals surface area contributed by atoms with Crippen LogP contribution in [0.3, 0.4) is 0 Å². The monoisotopic (exact) mass is 459 g/mol. The quantitative estimate of drug-likeness (QED) is 0.434. The highest BCUT2D eigenvalue weighted by atomic mass is 16.5. The van der Waals surface area contributed by atoms with E-state index in [0.29, 0.717) is 33.6 Å². The summed E-state index contributed by atoms with van der Waals surface area (Å²) in [5, 5.41) is 8.24. The zero-order valence-corrected chi connectivity index (χ0v) is 19.2. The second kappa shape index (κ2) is 10.1. The maximum absolute atomic E-state index is 13.2. The van der Waals surface area contributed by atoms with E-state index in [1.54, 1.807) is 57.7 Å². The van der Waals surface area contributed by atoms with Crippen LogP contribution in [0.4, 0.5) is 0 Å². The smallest absolute Gasteiger partial charge is 0.274 e. The molecule has 174 valence electrons. The Morgan fingerprint density at radius 3 is 2.15 bits per heavy atom. The SMILES string of the molecule is COc1cc(OC)c(OC)cc1CNC(=O)c1nn(Cc2ccccc2)c(=O)c2ccccc12. The minimum Gasteiger partial charge on any atom is -0.496 e. The van der Waals surface area contributed by atoms with Crippen molar-refractivity contribution in [1.29, 1.82) is 0 Å². The number of amides is 1. The molecule has 0 aliphatic carbocycles. The van der Waals surface area contributed by atoms with E-state index in [1.807, 2.05) is 30.3 Å². The number of methoxy groups -OCH3 is 3. The Hall–Kier alpha value is -4.33. The summed E-state index contributed by atoms with van der Waals surface area (Å²) >= 11 is 0. The van der Waals surface area contributed by atoms with Gasteiger partial charge in [-0.2, -0.15) is 5.10 Å². The van der Waals surface area contributed by atoms with Gasteiger partial charge >= 0.3 is 0 Å². The molecular formula is C26H25N3O5. The summed E-state index contributed by atoms with van der Waals surface area (Å²) in [6.07, 6.45) is 0. The minimum atomic E-state index is -0.408. The Kier molecular flexibility index (Phi) is 6.77. The predicted octanol–water partition coefficient (Wildman–Crippen LogP) is 3.40. The molecule has 0 aliphatic rings. The fourth-order valence-electron chi connectivity index (χ4n) is 3.76. The molecule has 0 atom stereocenters. The molecule has 0 radical (unpaired) electrons. The third kappa shape index (κ3) is 4.56. The number of nitrogens with one attached hydrogen (secondary N) is 1. The van der Waals surface area contributed by atoms with Crippen LogP contribution >= 0.6 is 0 Å². The Bertz CT molecular complexity index is 1380. The predicted molar refractivity (Wildman–Crippen MR) is 129 cm³/mol. The number of benzene rings is 3. The van der Waals surface area contributed by atoms with Gasteiger partial charge in [0.05, 0.1) is 33.3 Å². The van der Waals surface area contributed by atoms with Crippen molar-refractivity contribution < 1.29 is 19.0 Å². The second-order valence-electron chi connectivity index (χ2n) is 7.54. The van der Waals surface area contributed by atoms with Gasteiger partial charge in [-0.3, -0.25) is 9.59 Å². The lowest BCUT2D eigenvalue weighted by Gasteiger charge is -2.15. The van der Waals surface area contributed by atoms with E-state index in [4.69, 9.17) is 14.2 Å². The Morgan fingerprint density at radius 1 is 0.853 bits per heavy atom. The van der Waals surface area contributed by atoms with Gasteiger partial charge in [-0.15, -0.1) is 0 Å². The summed E-state index contributed by atoms with van der Waals surface area (Å²) in [7, 11) is 4.62. The fourth-order valence-corrected chi connectivity index (χ4v) is 3.76. The molecule has 8 nitrogen and oxygen atoms in total. The standard InChI is InChI=1S/C26H25N3O5/c1-32-21-14-23(34-3)22(33-2)13-18(21)15-27-25(30)24-19-11-7-8-12-20(19)26(31)29(28-24)16-17-9-5-4-6-10-17/h4-14H,15-16H2,1-3H3,(H,27,30). The van der Waals surface area contributed by atoms with Crippen LogP contribution in [-0.2, 0) is 13.1 Å². The van der Waals surface area contributed by atoms with Crippen molar-refractivity contribution in [3.8, 4) is 17.2 Å². The Labute approximate surface area is 196 Å². The van der Waals surface area contributed by atoms with Crippen LogP contribution in [0.1, 0.15) is 21.6 Å². The molecule has 4 rings (SSSR count). The Morgan fingerprint density at radius 2 is 1.47 bits per heavy atom. The van der Waals surface area contributed by atoms with E-state index in [1.165, 1.54) is 4.68 Å². The van der Waals surface area contributed by atoms with Crippen molar-refractivity contribution in [2.75, 3.05) is 21.3 Å². The normalized spacial score (nSPS) is 10.7. The molecule has 1 aromatic heterocycles. The molecule has 0 saturated heterocycles. The number of aromatic nitrogens is 2. The van der Waals surface area contributed by atoms with E-state index < -0.39 is 5.91 Å². The number of ether oxygens (including phenoxy) is 3. The molecule has 1 amide bonds. The third-order valence-electron chi connectivity index (χ3n) is 5.48. The van der Waals surface area contributed by atoms with Gasteiger partial charge in [0.1, 0.15) is 5.75 Å². The highest BCUT2D eigenvalue weighted by Crippen LogP contribution is 2.34. The molecule has 1 N–H and O–H groups in total. The summed E-state index contributed by atoms with van der Waals surface area (Å²) in [6, 6.07) is 19.9. The van der Waals surface area contributed by atoms with Crippen LogP contribution in [0, 0.1) is 0 Å². The first-order valence-electron chi connectivity index (χ1n) is 10.7. The highest BCUT2D eigenvalue weighted by molar-refractivity contribution is 6.04. The van der Waals surface area contributed by atoms with E-state index >= 15 is 0 Å². The summed E-state index contributed by atoms with van der Waals surface area (Å²) in [6.45, 7) is 0.421. The molecule has 4 aromatic rings. The number of hydrogen-bond acceptors (Lipinski definition) is 6. The summed E-state index contributed by atoms with van der Waals surface area (Å²) in [4.78, 5) is 26.3. The molecule has 3 aromatic carbocycles. The Balaban J connectivity index is 1.68. The maximum atomic E-state index is 13.2. The van der Waals surface area contributed by atoms with Crippen LogP contribution in [0.15, 0.2) is 71.5 Å². The van der Waals surface area contributed by atoms with E-state index in [-0.39, 0.29) is 24.3 Å². The largest absolute Gasteiger partial charge is 0.496 e. The van der Waals surface area contributed by atoms with E-state index in [0.717, 1.165) is 5.56 Å². The third-order valence-corrected chi connectivity index (χ3v) is 5.48. The summed E-state index contributed by atoms with van der Waals surface area (Å²) < 4.78 is 17.5. The molecular weight excluding hydrogens is 434 g/mol. The lowest BCUT2D eigenvalue weighted by atomic mass is 10.1. The first-order valence-corrected chi connectivity index (χ1v) is 10.7. The van der Waals surface area contributed by atoms with Gasteiger partial charge in [0.25, 0.3) is 11.5 Å². The number of carbonyl (C=O) groups excluding carboxylic acids is 1. The van der Waals surface area contributed by atoms with Crippen molar-refractivity contribution in [3.63, 3.8) is 0 Å². The summed E-state index contributed by atoms with van der Waals surface area (Å²) in [5.41, 5.74) is 1.53. The lowest BCUT2D eigenvalue weighted by molar-refractivity contribution is 0.0945. The molecule has 0 fully saturated rings. The number of carbonyl (C=O) groups is 1. The second-order valence-corrected chi connectivity index (χ2v) is 7.54. The average Bonchev–Trinajstić information content (AvgIpc) is 2.88. The number of rotatable bonds is 8. The van der Waals surface area contributed by atoms with Crippen molar-refractivity contribution >= 4 is 16.7 Å². The highest BCUT2D eigenvalue weighted by Gasteiger charge is 2.18. The van der Waals surface area contributed by atoms with Gasteiger partial charge in [-0.05, 0) is 17.7 Å². The molecule has 0 bridgehead atoms. The number of fused-ring (bicyclic) bond motifs is 1. The van der Waals surface area contributed by atoms with Gasteiger partial charge in [0.2, 0.25) is 0 Å². The molecule has 0 aliphatic heterocycles. The zero-order chi connectivity index (χ0) is 24.1. The van der Waals surface area contributed by atoms with Crippen molar-refractivity contribution in [3.05, 3.63) is 93.9 Å². The minimum absolute atomic E-state index is 0.163.